The first kappa shape index (κ1) is 15.9. The first-order chi connectivity index (χ1) is 7.49. The van der Waals surface area contributed by atoms with Crippen molar-refractivity contribution in [3.8, 4) is 0 Å². The molecule has 0 aromatic rings. The maximum absolute atomic E-state index is 11.7. The zero-order valence-corrected chi connectivity index (χ0v) is 11.5. The molecule has 0 saturated heterocycles. The highest BCUT2D eigenvalue weighted by atomic mass is 16.6. The van der Waals surface area contributed by atoms with Gasteiger partial charge < -0.3 is 15.2 Å². The Morgan fingerprint density at radius 3 is 2.00 bits per heavy atom. The molecule has 0 aromatic carbocycles. The Morgan fingerprint density at radius 1 is 1.18 bits per heavy atom. The first-order valence-corrected chi connectivity index (χ1v) is 5.55. The summed E-state index contributed by atoms with van der Waals surface area (Å²) in [5.74, 6) is -0.902. The van der Waals surface area contributed by atoms with Gasteiger partial charge in [0.15, 0.2) is 0 Å². The number of rotatable bonds is 4. The van der Waals surface area contributed by atoms with Crippen molar-refractivity contribution in [3.05, 3.63) is 0 Å². The number of carbonyl (C=O) groups is 2. The Balaban J connectivity index is 4.54. The SMILES string of the molecule is COC(=O)[C@@H](N)C(C)(C)CC(=O)OC(C)(C)C. The van der Waals surface area contributed by atoms with E-state index in [1.165, 1.54) is 7.11 Å². The minimum absolute atomic E-state index is 0.0700. The van der Waals surface area contributed by atoms with E-state index in [9.17, 15) is 9.59 Å². The number of ether oxygens (including phenoxy) is 2. The van der Waals surface area contributed by atoms with E-state index >= 15 is 0 Å². The van der Waals surface area contributed by atoms with Gasteiger partial charge in [-0.3, -0.25) is 9.59 Å². The van der Waals surface area contributed by atoms with Crippen molar-refractivity contribution < 1.29 is 19.1 Å². The quantitative estimate of drug-likeness (QED) is 0.754. The Hall–Kier alpha value is -1.10. The maximum atomic E-state index is 11.7. The number of nitrogens with two attached hydrogens (primary N) is 1. The summed E-state index contributed by atoms with van der Waals surface area (Å²) in [5, 5.41) is 0. The molecule has 0 unspecified atom stereocenters. The van der Waals surface area contributed by atoms with Crippen molar-refractivity contribution in [1.29, 1.82) is 0 Å². The molecule has 0 aromatic heterocycles. The molecule has 0 heterocycles. The summed E-state index contributed by atoms with van der Waals surface area (Å²) >= 11 is 0. The van der Waals surface area contributed by atoms with Crippen molar-refractivity contribution in [2.45, 2.75) is 52.7 Å². The normalized spacial score (nSPS) is 14.1. The van der Waals surface area contributed by atoms with Gasteiger partial charge in [0.2, 0.25) is 0 Å². The third-order valence-corrected chi connectivity index (χ3v) is 2.32. The molecule has 0 saturated carbocycles. The van der Waals surface area contributed by atoms with Crippen LogP contribution in [0.4, 0.5) is 0 Å². The first-order valence-electron chi connectivity index (χ1n) is 5.55. The van der Waals surface area contributed by atoms with Crippen LogP contribution in [0.5, 0.6) is 0 Å². The minimum Gasteiger partial charge on any atom is -0.468 e. The largest absolute Gasteiger partial charge is 0.468 e. The van der Waals surface area contributed by atoms with Crippen LogP contribution in [0.15, 0.2) is 0 Å². The summed E-state index contributed by atoms with van der Waals surface area (Å²) in [5.41, 5.74) is 4.50. The van der Waals surface area contributed by atoms with Gasteiger partial charge in [-0.25, -0.2) is 0 Å². The van der Waals surface area contributed by atoms with E-state index in [0.717, 1.165) is 0 Å². The van der Waals surface area contributed by atoms with Gasteiger partial charge in [0.05, 0.1) is 13.5 Å². The monoisotopic (exact) mass is 245 g/mol. The van der Waals surface area contributed by atoms with Gasteiger partial charge in [-0.2, -0.15) is 0 Å². The third kappa shape index (κ3) is 5.68. The van der Waals surface area contributed by atoms with Gasteiger partial charge in [-0.1, -0.05) is 13.8 Å². The highest BCUT2D eigenvalue weighted by molar-refractivity contribution is 5.78. The lowest BCUT2D eigenvalue weighted by atomic mass is 9.81. The Labute approximate surface area is 103 Å². The predicted molar refractivity (Wildman–Crippen MR) is 64.2 cm³/mol. The van der Waals surface area contributed by atoms with Crippen LogP contribution in [-0.4, -0.2) is 30.7 Å². The molecule has 0 bridgehead atoms. The van der Waals surface area contributed by atoms with Crippen LogP contribution in [0.25, 0.3) is 0 Å². The molecule has 0 radical (unpaired) electrons. The van der Waals surface area contributed by atoms with Crippen LogP contribution in [0, 0.1) is 5.41 Å². The maximum Gasteiger partial charge on any atom is 0.323 e. The number of esters is 2. The molecule has 0 aliphatic rings. The number of methoxy groups -OCH3 is 1. The van der Waals surface area contributed by atoms with E-state index in [4.69, 9.17) is 10.5 Å². The van der Waals surface area contributed by atoms with E-state index < -0.39 is 23.0 Å². The summed E-state index contributed by atoms with van der Waals surface area (Å²) in [6.45, 7) is 8.84. The third-order valence-electron chi connectivity index (χ3n) is 2.32. The fourth-order valence-corrected chi connectivity index (χ4v) is 1.31. The highest BCUT2D eigenvalue weighted by Gasteiger charge is 2.36. The second kappa shape index (κ2) is 5.49. The van der Waals surface area contributed by atoms with E-state index in [1.54, 1.807) is 34.6 Å². The average molecular weight is 245 g/mol. The van der Waals surface area contributed by atoms with Crippen molar-refractivity contribution >= 4 is 11.9 Å². The van der Waals surface area contributed by atoms with Crippen molar-refractivity contribution in [3.63, 3.8) is 0 Å². The second-order valence-electron chi connectivity index (χ2n) is 5.75. The second-order valence-corrected chi connectivity index (χ2v) is 5.75. The Bertz CT molecular complexity index is 291. The van der Waals surface area contributed by atoms with Crippen molar-refractivity contribution in [2.24, 2.45) is 11.1 Å². The molecule has 1 atom stereocenters. The summed E-state index contributed by atoms with van der Waals surface area (Å²) in [4.78, 5) is 23.0. The molecule has 2 N–H and O–H groups in total. The summed E-state index contributed by atoms with van der Waals surface area (Å²) in [6, 6.07) is -0.847. The smallest absolute Gasteiger partial charge is 0.323 e. The molecule has 0 fully saturated rings. The van der Waals surface area contributed by atoms with Gasteiger partial charge in [-0.05, 0) is 20.8 Å². The number of hydrogen-bond donors (Lipinski definition) is 1. The van der Waals surface area contributed by atoms with E-state index in [-0.39, 0.29) is 12.4 Å². The molecular formula is C12H23NO4. The van der Waals surface area contributed by atoms with E-state index in [2.05, 4.69) is 4.74 Å². The lowest BCUT2D eigenvalue weighted by Gasteiger charge is -2.30. The minimum atomic E-state index is -0.847. The molecule has 0 aliphatic carbocycles. The Kier molecular flexibility index (Phi) is 5.13. The fourth-order valence-electron chi connectivity index (χ4n) is 1.31. The van der Waals surface area contributed by atoms with Crippen LogP contribution in [0.1, 0.15) is 41.0 Å². The zero-order valence-electron chi connectivity index (χ0n) is 11.5. The summed E-state index contributed by atoms with van der Waals surface area (Å²) in [6.07, 6.45) is 0.0700. The highest BCUT2D eigenvalue weighted by Crippen LogP contribution is 2.26. The Morgan fingerprint density at radius 2 is 1.65 bits per heavy atom. The molecule has 5 heteroatoms. The lowest BCUT2D eigenvalue weighted by molar-refractivity contribution is -0.158. The van der Waals surface area contributed by atoms with Gasteiger partial charge in [-0.15, -0.1) is 0 Å². The molecular weight excluding hydrogens is 222 g/mol. The molecule has 17 heavy (non-hydrogen) atoms. The molecule has 5 nitrogen and oxygen atoms in total. The van der Waals surface area contributed by atoms with Crippen LogP contribution >= 0.6 is 0 Å². The lowest BCUT2D eigenvalue weighted by Crippen LogP contribution is -2.46. The van der Waals surface area contributed by atoms with Crippen LogP contribution in [0.3, 0.4) is 0 Å². The number of carbonyl (C=O) groups excluding carboxylic acids is 2. The topological polar surface area (TPSA) is 78.6 Å². The van der Waals surface area contributed by atoms with Crippen molar-refractivity contribution in [2.75, 3.05) is 7.11 Å². The molecule has 100 valence electrons. The summed E-state index contributed by atoms with van der Waals surface area (Å²) < 4.78 is 9.76. The zero-order chi connectivity index (χ0) is 13.9. The van der Waals surface area contributed by atoms with Crippen LogP contribution in [0.2, 0.25) is 0 Å². The summed E-state index contributed by atoms with van der Waals surface area (Å²) in [7, 11) is 1.27. The number of hydrogen-bond acceptors (Lipinski definition) is 5. The van der Waals surface area contributed by atoms with Crippen LogP contribution in [-0.2, 0) is 19.1 Å². The van der Waals surface area contributed by atoms with E-state index in [1.807, 2.05) is 0 Å². The molecule has 0 amide bonds. The van der Waals surface area contributed by atoms with Gasteiger partial charge >= 0.3 is 11.9 Å². The molecule has 0 spiro atoms. The standard InChI is InChI=1S/C12H23NO4/c1-11(2,3)17-8(14)7-12(4,5)9(13)10(15)16-6/h9H,7,13H2,1-6H3/t9-/m1/s1. The van der Waals surface area contributed by atoms with Gasteiger partial charge in [0, 0.05) is 5.41 Å². The van der Waals surface area contributed by atoms with Crippen LogP contribution < -0.4 is 5.73 Å². The predicted octanol–water partition coefficient (Wildman–Crippen LogP) is 1.24. The molecule has 0 rings (SSSR count). The molecule has 0 aliphatic heterocycles. The van der Waals surface area contributed by atoms with Gasteiger partial charge in [0.1, 0.15) is 11.6 Å². The van der Waals surface area contributed by atoms with Crippen molar-refractivity contribution in [1.82, 2.24) is 0 Å². The van der Waals surface area contributed by atoms with Gasteiger partial charge in [0.25, 0.3) is 0 Å². The average Bonchev–Trinajstić information content (AvgIpc) is 2.11. The fraction of sp³-hybridized carbons (Fsp3) is 0.833. The van der Waals surface area contributed by atoms with E-state index in [0.29, 0.717) is 0 Å².